The van der Waals surface area contributed by atoms with Crippen LogP contribution >= 0.6 is 63.7 Å². The van der Waals surface area contributed by atoms with Gasteiger partial charge in [-0.25, -0.2) is 0 Å². The normalized spacial score (nSPS) is 11.4. The molecule has 118 valence electrons. The molecule has 22 heavy (non-hydrogen) atoms. The minimum atomic E-state index is 0.305. The summed E-state index contributed by atoms with van der Waals surface area (Å²) in [5, 5.41) is 0. The zero-order valence-corrected chi connectivity index (χ0v) is 19.6. The van der Waals surface area contributed by atoms with E-state index in [4.69, 9.17) is 0 Å². The molecule has 0 atom stereocenters. The van der Waals surface area contributed by atoms with Crippen LogP contribution in [-0.4, -0.2) is 0 Å². The Morgan fingerprint density at radius 1 is 0.636 bits per heavy atom. The van der Waals surface area contributed by atoms with E-state index in [1.165, 1.54) is 51.3 Å². The molecule has 0 nitrogen and oxygen atoms in total. The van der Waals surface area contributed by atoms with Crippen molar-refractivity contribution in [3.8, 4) is 0 Å². The Morgan fingerprint density at radius 3 is 1.27 bits per heavy atom. The molecule has 2 rings (SSSR count). The van der Waals surface area contributed by atoms with Crippen LogP contribution in [0.15, 0.2) is 30.0 Å². The highest BCUT2D eigenvalue weighted by atomic mass is 79.9. The Labute approximate surface area is 166 Å². The first-order chi connectivity index (χ1) is 10.2. The van der Waals surface area contributed by atoms with E-state index in [2.05, 4.69) is 110 Å². The minimum Gasteiger partial charge on any atom is -0.0542 e. The smallest absolute Gasteiger partial charge is 0.0254 e. The van der Waals surface area contributed by atoms with Crippen LogP contribution in [-0.2, 0) is 0 Å². The van der Waals surface area contributed by atoms with Crippen LogP contribution in [0.5, 0.6) is 0 Å². The summed E-state index contributed by atoms with van der Waals surface area (Å²) in [6.45, 7) is 10.8. The van der Waals surface area contributed by atoms with Gasteiger partial charge in [-0.3, -0.25) is 0 Å². The summed E-state index contributed by atoms with van der Waals surface area (Å²) >= 11 is 14.9. The fourth-order valence-electron chi connectivity index (χ4n) is 2.73. The van der Waals surface area contributed by atoms with Crippen LogP contribution in [0.2, 0.25) is 0 Å². The van der Waals surface area contributed by atoms with Crippen LogP contribution in [0.3, 0.4) is 0 Å². The molecule has 0 aromatic heterocycles. The number of hydrogen-bond acceptors (Lipinski definition) is 0. The van der Waals surface area contributed by atoms with Gasteiger partial charge >= 0.3 is 0 Å². The van der Waals surface area contributed by atoms with Crippen LogP contribution in [0.4, 0.5) is 0 Å². The van der Waals surface area contributed by atoms with Gasteiger partial charge in [0.2, 0.25) is 0 Å². The van der Waals surface area contributed by atoms with E-state index in [0.29, 0.717) is 5.92 Å². The molecule has 0 saturated carbocycles. The standard InChI is InChI=1S/C18H18Br4/c1-8-6-13(17(21)11(4)15(8)19)10(3)14-7-9(2)16(20)12(5)18(14)22/h6-7,10H,1-5H3. The Kier molecular flexibility index (Phi) is 6.02. The number of hydrogen-bond donors (Lipinski definition) is 0. The van der Waals surface area contributed by atoms with Crippen molar-refractivity contribution in [2.75, 3.05) is 0 Å². The summed E-state index contributed by atoms with van der Waals surface area (Å²) in [5.74, 6) is 0.305. The van der Waals surface area contributed by atoms with E-state index in [1.807, 2.05) is 0 Å². The van der Waals surface area contributed by atoms with E-state index < -0.39 is 0 Å². The second kappa shape index (κ2) is 7.08. The highest BCUT2D eigenvalue weighted by Crippen LogP contribution is 2.41. The minimum absolute atomic E-state index is 0.305. The van der Waals surface area contributed by atoms with Gasteiger partial charge in [-0.2, -0.15) is 0 Å². The van der Waals surface area contributed by atoms with Crippen molar-refractivity contribution in [2.24, 2.45) is 0 Å². The summed E-state index contributed by atoms with van der Waals surface area (Å²) in [4.78, 5) is 0. The van der Waals surface area contributed by atoms with Crippen molar-refractivity contribution in [3.63, 3.8) is 0 Å². The lowest BCUT2D eigenvalue weighted by Gasteiger charge is -2.21. The average Bonchev–Trinajstić information content (AvgIpc) is 2.49. The molecule has 4 heteroatoms. The van der Waals surface area contributed by atoms with Crippen LogP contribution in [0.25, 0.3) is 0 Å². The van der Waals surface area contributed by atoms with Gasteiger partial charge in [0.05, 0.1) is 0 Å². The molecule has 0 spiro atoms. The van der Waals surface area contributed by atoms with E-state index in [0.717, 1.165) is 0 Å². The molecule has 0 aliphatic heterocycles. The van der Waals surface area contributed by atoms with Crippen molar-refractivity contribution in [1.82, 2.24) is 0 Å². The van der Waals surface area contributed by atoms with Crippen molar-refractivity contribution < 1.29 is 0 Å². The largest absolute Gasteiger partial charge is 0.0542 e. The van der Waals surface area contributed by atoms with E-state index in [1.54, 1.807) is 0 Å². The first-order valence-electron chi connectivity index (χ1n) is 7.07. The number of halogens is 4. The third-order valence-corrected chi connectivity index (χ3v) is 8.74. The Balaban J connectivity index is 2.66. The lowest BCUT2D eigenvalue weighted by atomic mass is 9.89. The molecule has 0 radical (unpaired) electrons. The van der Waals surface area contributed by atoms with Gasteiger partial charge in [0, 0.05) is 23.8 Å². The molecule has 0 aliphatic carbocycles. The third-order valence-electron chi connectivity index (χ3n) is 4.19. The first kappa shape index (κ1) is 18.7. The van der Waals surface area contributed by atoms with Gasteiger partial charge in [0.25, 0.3) is 0 Å². The quantitative estimate of drug-likeness (QED) is 0.352. The fraction of sp³-hybridized carbons (Fsp3) is 0.333. The molecule has 0 heterocycles. The first-order valence-corrected chi connectivity index (χ1v) is 10.2. The summed E-state index contributed by atoms with van der Waals surface area (Å²) in [6, 6.07) is 4.54. The predicted octanol–water partition coefficient (Wildman–Crippen LogP) is 8.12. The van der Waals surface area contributed by atoms with E-state index in [-0.39, 0.29) is 0 Å². The van der Waals surface area contributed by atoms with Gasteiger partial charge in [0.1, 0.15) is 0 Å². The molecule has 0 bridgehead atoms. The maximum Gasteiger partial charge on any atom is 0.0254 e. The zero-order chi connectivity index (χ0) is 16.8. The Bertz CT molecular complexity index is 684. The van der Waals surface area contributed by atoms with Crippen molar-refractivity contribution >= 4 is 63.7 Å². The van der Waals surface area contributed by atoms with Crippen molar-refractivity contribution in [3.05, 3.63) is 63.4 Å². The SMILES string of the molecule is Cc1cc(C(C)c2cc(C)c(Br)c(C)c2Br)c(Br)c(C)c1Br. The van der Waals surface area contributed by atoms with Crippen LogP contribution in [0, 0.1) is 27.7 Å². The third kappa shape index (κ3) is 3.26. The summed E-state index contributed by atoms with van der Waals surface area (Å²) in [7, 11) is 0. The van der Waals surface area contributed by atoms with Crippen molar-refractivity contribution in [2.45, 2.75) is 40.5 Å². The van der Waals surface area contributed by atoms with Crippen LogP contribution in [0.1, 0.15) is 46.2 Å². The summed E-state index contributed by atoms with van der Waals surface area (Å²) < 4.78 is 4.72. The zero-order valence-electron chi connectivity index (χ0n) is 13.2. The van der Waals surface area contributed by atoms with Gasteiger partial charge in [-0.15, -0.1) is 0 Å². The lowest BCUT2D eigenvalue weighted by molar-refractivity contribution is 0.896. The maximum atomic E-state index is 3.78. The Hall–Kier alpha value is 0.360. The molecular formula is C18H18Br4. The second-order valence-electron chi connectivity index (χ2n) is 5.79. The molecule has 0 saturated heterocycles. The van der Waals surface area contributed by atoms with Gasteiger partial charge < -0.3 is 0 Å². The predicted molar refractivity (Wildman–Crippen MR) is 110 cm³/mol. The number of benzene rings is 2. The fourth-order valence-corrected chi connectivity index (χ4v) is 5.20. The van der Waals surface area contributed by atoms with Gasteiger partial charge in [-0.05, 0) is 61.1 Å². The molecule has 0 aliphatic rings. The summed E-state index contributed by atoms with van der Waals surface area (Å²) in [5.41, 5.74) is 7.68. The molecule has 2 aromatic carbocycles. The second-order valence-corrected chi connectivity index (χ2v) is 8.96. The van der Waals surface area contributed by atoms with E-state index in [9.17, 15) is 0 Å². The average molecular weight is 554 g/mol. The number of aryl methyl sites for hydroxylation is 2. The molecule has 0 amide bonds. The van der Waals surface area contributed by atoms with Gasteiger partial charge in [0.15, 0.2) is 0 Å². The maximum absolute atomic E-state index is 3.78. The molecule has 2 aromatic rings. The Morgan fingerprint density at radius 2 is 0.955 bits per heavy atom. The van der Waals surface area contributed by atoms with Gasteiger partial charge in [-0.1, -0.05) is 82.8 Å². The highest BCUT2D eigenvalue weighted by Gasteiger charge is 2.20. The monoisotopic (exact) mass is 550 g/mol. The molecule has 0 N–H and O–H groups in total. The van der Waals surface area contributed by atoms with E-state index >= 15 is 0 Å². The van der Waals surface area contributed by atoms with Crippen molar-refractivity contribution in [1.29, 1.82) is 0 Å². The lowest BCUT2D eigenvalue weighted by Crippen LogP contribution is -2.03. The summed E-state index contributed by atoms with van der Waals surface area (Å²) in [6.07, 6.45) is 0. The molecule has 0 fully saturated rings. The molecular weight excluding hydrogens is 536 g/mol. The topological polar surface area (TPSA) is 0 Å². The highest BCUT2D eigenvalue weighted by molar-refractivity contribution is 9.11. The number of rotatable bonds is 2. The molecule has 0 unspecified atom stereocenters. The van der Waals surface area contributed by atoms with Crippen LogP contribution < -0.4 is 0 Å².